The Hall–Kier alpha value is -1.72. The van der Waals surface area contributed by atoms with E-state index in [1.165, 1.54) is 0 Å². The molecule has 1 heterocycles. The molecule has 1 saturated heterocycles. The van der Waals surface area contributed by atoms with E-state index in [1.54, 1.807) is 0 Å². The van der Waals surface area contributed by atoms with Gasteiger partial charge >= 0.3 is 5.97 Å². The van der Waals surface area contributed by atoms with Gasteiger partial charge in [0.15, 0.2) is 5.78 Å². The highest BCUT2D eigenvalue weighted by atomic mass is 16.4. The summed E-state index contributed by atoms with van der Waals surface area (Å²) in [5, 5.41) is 8.40. The first-order valence-corrected chi connectivity index (χ1v) is 5.57. The number of nitrogens with zero attached hydrogens (tertiary/aromatic N) is 1. The average molecular weight is 241 g/mol. The summed E-state index contributed by atoms with van der Waals surface area (Å²) in [5.74, 6) is -1.68. The van der Waals surface area contributed by atoms with Crippen molar-refractivity contribution >= 4 is 23.6 Å². The van der Waals surface area contributed by atoms with Crippen LogP contribution in [0.15, 0.2) is 0 Å². The van der Waals surface area contributed by atoms with Gasteiger partial charge in [0.2, 0.25) is 11.8 Å². The summed E-state index contributed by atoms with van der Waals surface area (Å²) in [6.07, 6.45) is 1.53. The number of ketones is 1. The Balaban J connectivity index is 2.23. The maximum atomic E-state index is 11.4. The number of unbranched alkanes of at least 4 members (excludes halogenated alkanes) is 1. The highest BCUT2D eigenvalue weighted by Crippen LogP contribution is 2.12. The van der Waals surface area contributed by atoms with Gasteiger partial charge < -0.3 is 5.11 Å². The van der Waals surface area contributed by atoms with E-state index in [0.29, 0.717) is 12.8 Å². The number of hydrogen-bond donors (Lipinski definition) is 1. The quantitative estimate of drug-likeness (QED) is 0.513. The normalized spacial score (nSPS) is 15.4. The van der Waals surface area contributed by atoms with E-state index >= 15 is 0 Å². The Morgan fingerprint density at radius 3 is 2.12 bits per heavy atom. The van der Waals surface area contributed by atoms with Crippen molar-refractivity contribution < 1.29 is 24.3 Å². The number of Topliss-reactive ketones (excluding diaryl/α,β-unsaturated/α-hetero) is 1. The van der Waals surface area contributed by atoms with Crippen molar-refractivity contribution in [3.05, 3.63) is 0 Å². The fourth-order valence-electron chi connectivity index (χ4n) is 1.65. The van der Waals surface area contributed by atoms with Gasteiger partial charge in [0, 0.05) is 25.7 Å². The number of carboxylic acids is 1. The minimum Gasteiger partial charge on any atom is -0.481 e. The molecule has 0 atom stereocenters. The third-order valence-corrected chi connectivity index (χ3v) is 2.59. The molecule has 1 fully saturated rings. The molecule has 1 N–H and O–H groups in total. The lowest BCUT2D eigenvalue weighted by Crippen LogP contribution is -2.34. The molecule has 94 valence electrons. The number of imide groups is 1. The number of aliphatic carboxylic acids is 1. The molecule has 17 heavy (non-hydrogen) atoms. The number of amides is 2. The van der Waals surface area contributed by atoms with Crippen LogP contribution in [0.3, 0.4) is 0 Å². The number of carboxylic acid groups (broad SMARTS) is 1. The Kier molecular flexibility index (Phi) is 4.81. The Labute approximate surface area is 98.6 Å². The van der Waals surface area contributed by atoms with Crippen LogP contribution < -0.4 is 0 Å². The number of carbonyl (C=O) groups excluding carboxylic acids is 3. The van der Waals surface area contributed by atoms with Crippen LogP contribution in [0.1, 0.15) is 38.5 Å². The zero-order chi connectivity index (χ0) is 12.8. The zero-order valence-corrected chi connectivity index (χ0v) is 9.48. The van der Waals surface area contributed by atoms with Crippen LogP contribution in [-0.2, 0) is 19.2 Å². The van der Waals surface area contributed by atoms with Crippen molar-refractivity contribution in [2.75, 3.05) is 6.54 Å². The summed E-state index contributed by atoms with van der Waals surface area (Å²) in [6.45, 7) is -0.162. The highest BCUT2D eigenvalue weighted by molar-refractivity contribution is 6.04. The predicted octanol–water partition coefficient (Wildman–Crippen LogP) is 0.349. The first-order valence-electron chi connectivity index (χ1n) is 5.57. The van der Waals surface area contributed by atoms with Crippen LogP contribution in [0.4, 0.5) is 0 Å². The maximum Gasteiger partial charge on any atom is 0.303 e. The monoisotopic (exact) mass is 241 g/mol. The molecular weight excluding hydrogens is 226 g/mol. The number of rotatable bonds is 7. The molecule has 1 aliphatic heterocycles. The molecule has 0 aromatic heterocycles. The zero-order valence-electron chi connectivity index (χ0n) is 9.48. The molecule has 0 spiro atoms. The van der Waals surface area contributed by atoms with E-state index in [1.807, 2.05) is 0 Å². The fourth-order valence-corrected chi connectivity index (χ4v) is 1.65. The number of carbonyl (C=O) groups is 4. The van der Waals surface area contributed by atoms with Crippen LogP contribution in [0.25, 0.3) is 0 Å². The summed E-state index contributed by atoms with van der Waals surface area (Å²) in [5.41, 5.74) is 0. The van der Waals surface area contributed by atoms with E-state index < -0.39 is 5.97 Å². The second-order valence-electron chi connectivity index (χ2n) is 4.01. The second kappa shape index (κ2) is 6.12. The molecule has 0 bridgehead atoms. The van der Waals surface area contributed by atoms with Gasteiger partial charge in [-0.25, -0.2) is 0 Å². The minimum absolute atomic E-state index is 0.0366. The van der Waals surface area contributed by atoms with Crippen molar-refractivity contribution in [2.45, 2.75) is 38.5 Å². The van der Waals surface area contributed by atoms with Crippen LogP contribution in [0, 0.1) is 0 Å². The van der Waals surface area contributed by atoms with Crippen LogP contribution in [0.5, 0.6) is 0 Å². The van der Waals surface area contributed by atoms with Crippen molar-refractivity contribution in [3.8, 4) is 0 Å². The molecule has 0 aromatic carbocycles. The molecule has 6 nitrogen and oxygen atoms in total. The molecule has 2 amide bonds. The van der Waals surface area contributed by atoms with Crippen molar-refractivity contribution in [2.24, 2.45) is 0 Å². The first-order chi connectivity index (χ1) is 8.00. The standard InChI is InChI=1S/C11H15NO5/c13-8(3-1-2-4-11(16)17)7-12-9(14)5-6-10(12)15/h1-7H2,(H,16,17). The molecule has 0 aliphatic carbocycles. The predicted molar refractivity (Wildman–Crippen MR) is 57.1 cm³/mol. The van der Waals surface area contributed by atoms with E-state index in [2.05, 4.69) is 0 Å². The highest BCUT2D eigenvalue weighted by Gasteiger charge is 2.29. The Morgan fingerprint density at radius 1 is 1.06 bits per heavy atom. The number of hydrogen-bond acceptors (Lipinski definition) is 4. The van der Waals surface area contributed by atoms with Gasteiger partial charge in [-0.2, -0.15) is 0 Å². The van der Waals surface area contributed by atoms with E-state index in [4.69, 9.17) is 5.11 Å². The van der Waals surface area contributed by atoms with Crippen molar-refractivity contribution in [3.63, 3.8) is 0 Å². The van der Waals surface area contributed by atoms with Crippen LogP contribution in [-0.4, -0.2) is 40.1 Å². The van der Waals surface area contributed by atoms with Gasteiger partial charge in [-0.1, -0.05) is 0 Å². The maximum absolute atomic E-state index is 11.4. The lowest BCUT2D eigenvalue weighted by atomic mass is 10.1. The molecule has 0 radical (unpaired) electrons. The van der Waals surface area contributed by atoms with E-state index in [9.17, 15) is 19.2 Å². The fraction of sp³-hybridized carbons (Fsp3) is 0.636. The Morgan fingerprint density at radius 2 is 1.59 bits per heavy atom. The van der Waals surface area contributed by atoms with Crippen LogP contribution in [0.2, 0.25) is 0 Å². The lowest BCUT2D eigenvalue weighted by molar-refractivity contribution is -0.141. The third-order valence-electron chi connectivity index (χ3n) is 2.59. The summed E-state index contributed by atoms with van der Waals surface area (Å²) in [7, 11) is 0. The van der Waals surface area contributed by atoms with Crippen LogP contribution >= 0.6 is 0 Å². The topological polar surface area (TPSA) is 91.8 Å². The van der Waals surface area contributed by atoms with E-state index in [0.717, 1.165) is 4.90 Å². The van der Waals surface area contributed by atoms with Crippen molar-refractivity contribution in [1.82, 2.24) is 4.90 Å². The molecule has 0 saturated carbocycles. The number of likely N-dealkylation sites (tertiary alicyclic amines) is 1. The smallest absolute Gasteiger partial charge is 0.303 e. The van der Waals surface area contributed by atoms with E-state index in [-0.39, 0.29) is 49.8 Å². The van der Waals surface area contributed by atoms with Gasteiger partial charge in [0.05, 0.1) is 6.54 Å². The summed E-state index contributed by atoms with van der Waals surface area (Å²) in [4.78, 5) is 45.1. The molecule has 1 rings (SSSR count). The summed E-state index contributed by atoms with van der Waals surface area (Å²) in [6, 6.07) is 0. The molecular formula is C11H15NO5. The summed E-state index contributed by atoms with van der Waals surface area (Å²) >= 11 is 0. The van der Waals surface area contributed by atoms with Gasteiger partial charge in [0.1, 0.15) is 0 Å². The largest absolute Gasteiger partial charge is 0.481 e. The Bertz CT molecular complexity index is 334. The average Bonchev–Trinajstić information content (AvgIpc) is 2.56. The van der Waals surface area contributed by atoms with Gasteiger partial charge in [-0.05, 0) is 12.8 Å². The first kappa shape index (κ1) is 13.3. The minimum atomic E-state index is -0.887. The molecule has 1 aliphatic rings. The third kappa shape index (κ3) is 4.34. The lowest BCUT2D eigenvalue weighted by Gasteiger charge is -2.12. The van der Waals surface area contributed by atoms with Gasteiger partial charge in [0.25, 0.3) is 0 Å². The summed E-state index contributed by atoms with van der Waals surface area (Å²) < 4.78 is 0. The SMILES string of the molecule is O=C(O)CCCCC(=O)CN1C(=O)CCC1=O. The molecule has 0 unspecified atom stereocenters. The van der Waals surface area contributed by atoms with Gasteiger partial charge in [-0.15, -0.1) is 0 Å². The second-order valence-corrected chi connectivity index (χ2v) is 4.01. The molecule has 0 aromatic rings. The van der Waals surface area contributed by atoms with Gasteiger partial charge in [-0.3, -0.25) is 24.1 Å². The molecule has 6 heteroatoms. The van der Waals surface area contributed by atoms with Crippen molar-refractivity contribution in [1.29, 1.82) is 0 Å².